The van der Waals surface area contributed by atoms with Crippen LogP contribution in [0, 0.1) is 11.2 Å². The van der Waals surface area contributed by atoms with E-state index in [1.807, 2.05) is 12.1 Å². The van der Waals surface area contributed by atoms with Crippen molar-refractivity contribution in [3.8, 4) is 0 Å². The first kappa shape index (κ1) is 13.5. The minimum Gasteiger partial charge on any atom is -0.207 e. The third kappa shape index (κ3) is 3.31. The summed E-state index contributed by atoms with van der Waals surface area (Å²) in [6.07, 6.45) is 7.18. The van der Waals surface area contributed by atoms with Gasteiger partial charge in [0.05, 0.1) is 0 Å². The zero-order valence-corrected chi connectivity index (χ0v) is 13.0. The smallest absolute Gasteiger partial charge is 0.127 e. The van der Waals surface area contributed by atoms with E-state index >= 15 is 0 Å². The average molecular weight is 364 g/mol. The molecule has 94 valence electrons. The third-order valence-electron chi connectivity index (χ3n) is 3.78. The molecular weight excluding hydrogens is 347 g/mol. The molecule has 0 nitrogen and oxygen atoms in total. The normalized spacial score (nSPS) is 19.2. The predicted molar refractivity (Wildman–Crippen MR) is 77.1 cm³/mol. The molecule has 0 bridgehead atoms. The number of benzene rings is 1. The van der Waals surface area contributed by atoms with E-state index in [1.165, 1.54) is 32.1 Å². The van der Waals surface area contributed by atoms with Crippen LogP contribution >= 0.6 is 31.9 Å². The standard InChI is InChI=1S/C14H17Br2F/c15-10-14(6-2-1-3-7-14)9-11-4-5-12(16)8-13(11)17/h4-5,8H,1-3,6-7,9-10H2. The van der Waals surface area contributed by atoms with Gasteiger partial charge in [-0.2, -0.15) is 0 Å². The number of halogens is 3. The van der Waals surface area contributed by atoms with Gasteiger partial charge in [-0.05, 0) is 42.4 Å². The lowest BCUT2D eigenvalue weighted by molar-refractivity contribution is 0.221. The van der Waals surface area contributed by atoms with Gasteiger partial charge < -0.3 is 0 Å². The fourth-order valence-electron chi connectivity index (χ4n) is 2.73. The molecular formula is C14H17Br2F. The maximum absolute atomic E-state index is 13.9. The van der Waals surface area contributed by atoms with Gasteiger partial charge in [0.15, 0.2) is 0 Å². The van der Waals surface area contributed by atoms with Crippen LogP contribution in [0.3, 0.4) is 0 Å². The van der Waals surface area contributed by atoms with Crippen molar-refractivity contribution < 1.29 is 4.39 Å². The van der Waals surface area contributed by atoms with E-state index < -0.39 is 0 Å². The summed E-state index contributed by atoms with van der Waals surface area (Å²) in [5, 5.41) is 0.982. The Bertz CT molecular complexity index is 384. The van der Waals surface area contributed by atoms with Crippen molar-refractivity contribution >= 4 is 31.9 Å². The van der Waals surface area contributed by atoms with Crippen LogP contribution < -0.4 is 0 Å². The number of rotatable bonds is 3. The summed E-state index contributed by atoms with van der Waals surface area (Å²) in [5.74, 6) is -0.0785. The third-order valence-corrected chi connectivity index (χ3v) is 5.46. The molecule has 0 heterocycles. The zero-order chi connectivity index (χ0) is 12.3. The SMILES string of the molecule is Fc1cc(Br)ccc1CC1(CBr)CCCCC1. The Balaban J connectivity index is 2.17. The molecule has 17 heavy (non-hydrogen) atoms. The largest absolute Gasteiger partial charge is 0.207 e. The Hall–Kier alpha value is 0.110. The Kier molecular flexibility index (Phi) is 4.65. The Labute approximate surface area is 119 Å². The molecule has 0 amide bonds. The minimum absolute atomic E-state index is 0.0785. The van der Waals surface area contributed by atoms with Crippen molar-refractivity contribution in [3.05, 3.63) is 34.1 Å². The summed E-state index contributed by atoms with van der Waals surface area (Å²) in [7, 11) is 0. The molecule has 0 radical (unpaired) electrons. The highest BCUT2D eigenvalue weighted by Gasteiger charge is 2.31. The number of hydrogen-bond acceptors (Lipinski definition) is 0. The van der Waals surface area contributed by atoms with E-state index in [0.29, 0.717) is 0 Å². The van der Waals surface area contributed by atoms with E-state index in [-0.39, 0.29) is 11.2 Å². The van der Waals surface area contributed by atoms with Crippen LogP contribution in [0.5, 0.6) is 0 Å². The highest BCUT2D eigenvalue weighted by atomic mass is 79.9. The van der Waals surface area contributed by atoms with E-state index in [2.05, 4.69) is 31.9 Å². The van der Waals surface area contributed by atoms with Crippen LogP contribution in [0.2, 0.25) is 0 Å². The quantitative estimate of drug-likeness (QED) is 0.624. The van der Waals surface area contributed by atoms with E-state index in [9.17, 15) is 4.39 Å². The highest BCUT2D eigenvalue weighted by Crippen LogP contribution is 2.41. The second kappa shape index (κ2) is 5.83. The molecule has 3 heteroatoms. The summed E-state index contributed by atoms with van der Waals surface area (Å²) in [6, 6.07) is 5.42. The molecule has 1 aliphatic carbocycles. The van der Waals surface area contributed by atoms with Crippen LogP contribution in [-0.4, -0.2) is 5.33 Å². The molecule has 0 atom stereocenters. The van der Waals surface area contributed by atoms with Gasteiger partial charge >= 0.3 is 0 Å². The van der Waals surface area contributed by atoms with Crippen molar-refractivity contribution in [2.24, 2.45) is 5.41 Å². The van der Waals surface area contributed by atoms with Crippen LogP contribution in [0.15, 0.2) is 22.7 Å². The molecule has 0 aromatic heterocycles. The Morgan fingerprint density at radius 1 is 1.18 bits per heavy atom. The topological polar surface area (TPSA) is 0 Å². The Morgan fingerprint density at radius 2 is 1.88 bits per heavy atom. The molecule has 2 rings (SSSR count). The maximum Gasteiger partial charge on any atom is 0.127 e. The number of alkyl halides is 1. The van der Waals surface area contributed by atoms with Gasteiger partial charge in [0.2, 0.25) is 0 Å². The van der Waals surface area contributed by atoms with Crippen LogP contribution in [-0.2, 0) is 6.42 Å². The maximum atomic E-state index is 13.9. The molecule has 1 fully saturated rings. The monoisotopic (exact) mass is 362 g/mol. The van der Waals surface area contributed by atoms with Gasteiger partial charge in [-0.1, -0.05) is 57.2 Å². The van der Waals surface area contributed by atoms with E-state index in [4.69, 9.17) is 0 Å². The lowest BCUT2D eigenvalue weighted by Gasteiger charge is -2.36. The van der Waals surface area contributed by atoms with Gasteiger partial charge in [0, 0.05) is 9.80 Å². The van der Waals surface area contributed by atoms with Gasteiger partial charge in [0.1, 0.15) is 5.82 Å². The zero-order valence-electron chi connectivity index (χ0n) is 9.82. The summed E-state index contributed by atoms with van der Waals surface area (Å²) in [4.78, 5) is 0. The van der Waals surface area contributed by atoms with Crippen molar-refractivity contribution in [3.63, 3.8) is 0 Å². The fraction of sp³-hybridized carbons (Fsp3) is 0.571. The molecule has 0 saturated heterocycles. The average Bonchev–Trinajstić information content (AvgIpc) is 2.34. The van der Waals surface area contributed by atoms with Gasteiger partial charge in [0.25, 0.3) is 0 Å². The summed E-state index contributed by atoms with van der Waals surface area (Å²) < 4.78 is 14.7. The molecule has 0 aliphatic heterocycles. The van der Waals surface area contributed by atoms with Gasteiger partial charge in [-0.15, -0.1) is 0 Å². The number of hydrogen-bond donors (Lipinski definition) is 0. The van der Waals surface area contributed by atoms with E-state index in [1.54, 1.807) is 6.07 Å². The first-order valence-electron chi connectivity index (χ1n) is 6.15. The van der Waals surface area contributed by atoms with Crippen molar-refractivity contribution in [2.75, 3.05) is 5.33 Å². The minimum atomic E-state index is -0.0785. The summed E-state index contributed by atoms with van der Waals surface area (Å²) in [5.41, 5.74) is 1.13. The first-order valence-corrected chi connectivity index (χ1v) is 8.07. The molecule has 1 aromatic rings. The second-order valence-electron chi connectivity index (χ2n) is 5.11. The van der Waals surface area contributed by atoms with Crippen molar-refractivity contribution in [1.29, 1.82) is 0 Å². The van der Waals surface area contributed by atoms with Crippen molar-refractivity contribution in [1.82, 2.24) is 0 Å². The second-order valence-corrected chi connectivity index (χ2v) is 6.58. The summed E-state index contributed by atoms with van der Waals surface area (Å²) in [6.45, 7) is 0. The van der Waals surface area contributed by atoms with Crippen LogP contribution in [0.1, 0.15) is 37.7 Å². The van der Waals surface area contributed by atoms with Crippen LogP contribution in [0.4, 0.5) is 4.39 Å². The fourth-order valence-corrected chi connectivity index (χ4v) is 3.82. The summed E-state index contributed by atoms with van der Waals surface area (Å²) >= 11 is 6.94. The molecule has 0 spiro atoms. The lowest BCUT2D eigenvalue weighted by atomic mass is 9.72. The molecule has 1 saturated carbocycles. The first-order chi connectivity index (χ1) is 8.15. The molecule has 0 N–H and O–H groups in total. The predicted octanol–water partition coefficient (Wildman–Crippen LogP) is 5.48. The highest BCUT2D eigenvalue weighted by molar-refractivity contribution is 9.10. The molecule has 1 aromatic carbocycles. The molecule has 0 unspecified atom stereocenters. The van der Waals surface area contributed by atoms with Gasteiger partial charge in [-0.3, -0.25) is 0 Å². The lowest BCUT2D eigenvalue weighted by Crippen LogP contribution is -2.28. The van der Waals surface area contributed by atoms with Crippen LogP contribution in [0.25, 0.3) is 0 Å². The van der Waals surface area contributed by atoms with E-state index in [0.717, 1.165) is 21.8 Å². The molecule has 1 aliphatic rings. The van der Waals surface area contributed by atoms with Gasteiger partial charge in [-0.25, -0.2) is 4.39 Å². The Morgan fingerprint density at radius 3 is 2.47 bits per heavy atom. The van der Waals surface area contributed by atoms with Crippen molar-refractivity contribution in [2.45, 2.75) is 38.5 Å².